The molecule has 9 heavy (non-hydrogen) atoms. The molecule has 0 aromatic rings. The Balaban J connectivity index is 0. The molecule has 0 rings (SSSR count). The molecule has 0 aliphatic heterocycles. The van der Waals surface area contributed by atoms with Crippen LogP contribution in [-0.4, -0.2) is 32.9 Å². The smallest absolute Gasteiger partial charge is 0.870 e. The molecule has 9 heteroatoms. The predicted molar refractivity (Wildman–Crippen MR) is 11.6 cm³/mol. The molecule has 0 saturated heterocycles. The Hall–Kier alpha value is 1.63. The van der Waals surface area contributed by atoms with Crippen molar-refractivity contribution in [3.05, 3.63) is 0 Å². The second-order valence-electron chi connectivity index (χ2n) is 0. The van der Waals surface area contributed by atoms with Crippen molar-refractivity contribution < 1.29 is 91.3 Å². The van der Waals surface area contributed by atoms with Crippen molar-refractivity contribution in [2.24, 2.45) is 0 Å². The molecule has 0 fully saturated rings. The largest absolute Gasteiger partial charge is 2.00 e. The van der Waals surface area contributed by atoms with Crippen molar-refractivity contribution in [1.29, 1.82) is 0 Å². The molecule has 0 aromatic carbocycles. The van der Waals surface area contributed by atoms with Gasteiger partial charge in [-0.1, -0.05) is 0 Å². The van der Waals surface area contributed by atoms with E-state index in [-0.39, 0.29) is 91.3 Å². The quantitative estimate of drug-likeness (QED) is 0.513. The molecule has 0 atom stereocenters. The number of hydrogen-bond acceptors (Lipinski definition) is 6. The van der Waals surface area contributed by atoms with E-state index >= 15 is 0 Å². The van der Waals surface area contributed by atoms with Gasteiger partial charge >= 0.3 is 58.4 Å². The molecule has 0 saturated carbocycles. The Morgan fingerprint density at radius 2 is 0.222 bits per heavy atom. The summed E-state index contributed by atoms with van der Waals surface area (Å²) >= 11 is 0. The summed E-state index contributed by atoms with van der Waals surface area (Å²) in [4.78, 5) is 0. The first kappa shape index (κ1) is 371. The first-order valence-corrected chi connectivity index (χ1v) is 0. The zero-order valence-electron chi connectivity index (χ0n) is 4.80. The minimum Gasteiger partial charge on any atom is -0.870 e. The SMILES string of the molecule is [OH-].[OH-].[OH-].[OH-].[OH-].[OH-].[Zn+2].[Zn+2].[Zn+2]. The fourth-order valence-electron chi connectivity index (χ4n) is 0. The summed E-state index contributed by atoms with van der Waals surface area (Å²) in [5, 5.41) is 0. The van der Waals surface area contributed by atoms with Crippen LogP contribution in [-0.2, 0) is 58.4 Å². The van der Waals surface area contributed by atoms with Crippen LogP contribution in [0.2, 0.25) is 0 Å². The monoisotopic (exact) mass is 294 g/mol. The molecule has 48 valence electrons. The van der Waals surface area contributed by atoms with Crippen LogP contribution < -0.4 is 0 Å². The molecule has 0 aliphatic carbocycles. The van der Waals surface area contributed by atoms with E-state index in [0.717, 1.165) is 0 Å². The van der Waals surface area contributed by atoms with Gasteiger partial charge < -0.3 is 32.9 Å². The van der Waals surface area contributed by atoms with Gasteiger partial charge in [-0.05, 0) is 0 Å². The minimum atomic E-state index is 0. The normalized spacial score (nSPS) is 0. The molecule has 0 amide bonds. The number of hydrogen-bond donors (Lipinski definition) is 0. The second kappa shape index (κ2) is 270. The van der Waals surface area contributed by atoms with Gasteiger partial charge in [0.25, 0.3) is 0 Å². The Morgan fingerprint density at radius 3 is 0.222 bits per heavy atom. The van der Waals surface area contributed by atoms with Crippen LogP contribution in [0.4, 0.5) is 0 Å². The minimum absolute atomic E-state index is 0. The fourth-order valence-corrected chi connectivity index (χ4v) is 0. The molecule has 0 aliphatic rings. The van der Waals surface area contributed by atoms with Gasteiger partial charge in [0.2, 0.25) is 0 Å². The molecule has 6 nitrogen and oxygen atoms in total. The van der Waals surface area contributed by atoms with Gasteiger partial charge in [-0.25, -0.2) is 0 Å². The van der Waals surface area contributed by atoms with Crippen molar-refractivity contribution in [1.82, 2.24) is 0 Å². The molecule has 0 spiro atoms. The molecule has 0 radical (unpaired) electrons. The summed E-state index contributed by atoms with van der Waals surface area (Å²) < 4.78 is 0. The summed E-state index contributed by atoms with van der Waals surface area (Å²) in [7, 11) is 0. The summed E-state index contributed by atoms with van der Waals surface area (Å²) in [6.45, 7) is 0. The van der Waals surface area contributed by atoms with Crippen LogP contribution in [0, 0.1) is 0 Å². The van der Waals surface area contributed by atoms with E-state index in [1.807, 2.05) is 0 Å². The average Bonchev–Trinajstić information content (AvgIpc) is 0. The molecule has 0 aromatic heterocycles. The van der Waals surface area contributed by atoms with Crippen LogP contribution in [0.5, 0.6) is 0 Å². The molecule has 0 unspecified atom stereocenters. The van der Waals surface area contributed by atoms with Gasteiger partial charge in [-0.3, -0.25) is 0 Å². The molecule has 0 heterocycles. The average molecular weight is 298 g/mol. The Labute approximate surface area is 90.9 Å². The third-order valence-electron chi connectivity index (χ3n) is 0. The first-order chi connectivity index (χ1) is 0. The standard InChI is InChI=1S/6H2O.3Zn/h6*1H2;;;/q;;;;;;3*+2/p-6. The predicted octanol–water partition coefficient (Wildman–Crippen LogP) is -1.07. The van der Waals surface area contributed by atoms with Crippen molar-refractivity contribution >= 4 is 0 Å². The summed E-state index contributed by atoms with van der Waals surface area (Å²) in [5.74, 6) is 0. The maximum Gasteiger partial charge on any atom is 2.00 e. The molecule has 0 bridgehead atoms. The molecular formula is H6O6Zn3. The van der Waals surface area contributed by atoms with Gasteiger partial charge in [0, 0.05) is 0 Å². The van der Waals surface area contributed by atoms with Crippen LogP contribution in [0.15, 0.2) is 0 Å². The second-order valence-corrected chi connectivity index (χ2v) is 0. The van der Waals surface area contributed by atoms with Crippen LogP contribution in [0.1, 0.15) is 0 Å². The zero-order chi connectivity index (χ0) is 0. The maximum absolute atomic E-state index is 0. The third-order valence-corrected chi connectivity index (χ3v) is 0. The van der Waals surface area contributed by atoms with E-state index in [9.17, 15) is 0 Å². The van der Waals surface area contributed by atoms with Crippen molar-refractivity contribution in [2.75, 3.05) is 0 Å². The Bertz CT molecular complexity index is 8.26. The van der Waals surface area contributed by atoms with Gasteiger partial charge in [0.1, 0.15) is 0 Å². The van der Waals surface area contributed by atoms with E-state index in [0.29, 0.717) is 0 Å². The molecular weight excluding hydrogens is 292 g/mol. The first-order valence-electron chi connectivity index (χ1n) is 0. The van der Waals surface area contributed by atoms with Crippen molar-refractivity contribution in [3.8, 4) is 0 Å². The van der Waals surface area contributed by atoms with Gasteiger partial charge in [0.05, 0.1) is 0 Å². The fraction of sp³-hybridized carbons (Fsp3) is 0. The Morgan fingerprint density at radius 1 is 0.222 bits per heavy atom. The van der Waals surface area contributed by atoms with Gasteiger partial charge in [-0.2, -0.15) is 0 Å². The maximum atomic E-state index is 0. The van der Waals surface area contributed by atoms with E-state index in [1.54, 1.807) is 0 Å². The summed E-state index contributed by atoms with van der Waals surface area (Å²) in [5.41, 5.74) is 0. The van der Waals surface area contributed by atoms with E-state index in [4.69, 9.17) is 0 Å². The van der Waals surface area contributed by atoms with Gasteiger partial charge in [-0.15, -0.1) is 0 Å². The van der Waals surface area contributed by atoms with Crippen LogP contribution in [0.25, 0.3) is 0 Å². The van der Waals surface area contributed by atoms with E-state index < -0.39 is 0 Å². The van der Waals surface area contributed by atoms with Crippen LogP contribution in [0.3, 0.4) is 0 Å². The van der Waals surface area contributed by atoms with Gasteiger partial charge in [0.15, 0.2) is 0 Å². The summed E-state index contributed by atoms with van der Waals surface area (Å²) in [6, 6.07) is 0. The topological polar surface area (TPSA) is 180 Å². The van der Waals surface area contributed by atoms with Crippen molar-refractivity contribution in [2.45, 2.75) is 0 Å². The molecule has 6 N–H and O–H groups in total. The van der Waals surface area contributed by atoms with E-state index in [1.165, 1.54) is 0 Å². The third kappa shape index (κ3) is 211. The van der Waals surface area contributed by atoms with Crippen molar-refractivity contribution in [3.63, 3.8) is 0 Å². The Kier molecular flexibility index (Phi) is 11100. The van der Waals surface area contributed by atoms with E-state index in [2.05, 4.69) is 0 Å². The van der Waals surface area contributed by atoms with Crippen LogP contribution >= 0.6 is 0 Å². The zero-order valence-corrected chi connectivity index (χ0v) is 13.7. The summed E-state index contributed by atoms with van der Waals surface area (Å²) in [6.07, 6.45) is 0. The number of rotatable bonds is 0.